The number of hydrogen-bond donors (Lipinski definition) is 0. The van der Waals surface area contributed by atoms with Gasteiger partial charge in [-0.05, 0) is 55.3 Å². The highest BCUT2D eigenvalue weighted by molar-refractivity contribution is 5.99. The SMILES string of the molecule is O=C(c1ccc(Oc2ccccc2)cc1)[C@H]1CCCN(C(=O)c2ccc[n+]([O-])c2)C1. The minimum atomic E-state index is -0.258. The Balaban J connectivity index is 1.42. The Hall–Kier alpha value is -3.67. The lowest BCUT2D eigenvalue weighted by Gasteiger charge is -2.32. The maximum Gasteiger partial charge on any atom is 0.259 e. The van der Waals surface area contributed by atoms with Crippen LogP contribution >= 0.6 is 0 Å². The van der Waals surface area contributed by atoms with Crippen LogP contribution in [0, 0.1) is 11.1 Å². The number of likely N-dealkylation sites (tertiary alicyclic amines) is 1. The fourth-order valence-electron chi connectivity index (χ4n) is 3.69. The highest BCUT2D eigenvalue weighted by atomic mass is 16.5. The van der Waals surface area contributed by atoms with E-state index in [1.54, 1.807) is 41.3 Å². The Labute approximate surface area is 174 Å². The number of aromatic nitrogens is 1. The van der Waals surface area contributed by atoms with Crippen LogP contribution in [0.4, 0.5) is 0 Å². The fourth-order valence-corrected chi connectivity index (χ4v) is 3.69. The van der Waals surface area contributed by atoms with Gasteiger partial charge in [-0.25, -0.2) is 0 Å². The van der Waals surface area contributed by atoms with Gasteiger partial charge < -0.3 is 14.8 Å². The van der Waals surface area contributed by atoms with Gasteiger partial charge in [-0.15, -0.1) is 0 Å². The van der Waals surface area contributed by atoms with Crippen LogP contribution in [0.15, 0.2) is 79.1 Å². The summed E-state index contributed by atoms with van der Waals surface area (Å²) >= 11 is 0. The smallest absolute Gasteiger partial charge is 0.259 e. The molecular weight excluding hydrogens is 380 g/mol. The van der Waals surface area contributed by atoms with E-state index in [2.05, 4.69) is 0 Å². The molecule has 0 unspecified atom stereocenters. The molecule has 0 aliphatic carbocycles. The molecule has 1 aliphatic heterocycles. The van der Waals surface area contributed by atoms with Crippen molar-refractivity contribution >= 4 is 11.7 Å². The first kappa shape index (κ1) is 19.6. The normalized spacial score (nSPS) is 16.1. The van der Waals surface area contributed by atoms with E-state index in [1.165, 1.54) is 12.4 Å². The zero-order valence-corrected chi connectivity index (χ0v) is 16.4. The first-order valence-electron chi connectivity index (χ1n) is 9.95. The number of benzene rings is 2. The number of Topliss-reactive ketones (excluding diaryl/α,β-unsaturated/α-hetero) is 1. The largest absolute Gasteiger partial charge is 0.619 e. The van der Waals surface area contributed by atoms with Crippen molar-refractivity contribution in [3.8, 4) is 11.5 Å². The highest BCUT2D eigenvalue weighted by Crippen LogP contribution is 2.25. The summed E-state index contributed by atoms with van der Waals surface area (Å²) in [5.41, 5.74) is 0.940. The minimum absolute atomic E-state index is 0.0192. The lowest BCUT2D eigenvalue weighted by molar-refractivity contribution is -0.605. The Bertz CT molecular complexity index is 1030. The van der Waals surface area contributed by atoms with E-state index in [9.17, 15) is 14.8 Å². The number of carbonyl (C=O) groups excluding carboxylic acids is 2. The molecule has 0 bridgehead atoms. The van der Waals surface area contributed by atoms with Gasteiger partial charge in [0, 0.05) is 30.6 Å². The van der Waals surface area contributed by atoms with Crippen LogP contribution in [-0.4, -0.2) is 29.7 Å². The summed E-state index contributed by atoms with van der Waals surface area (Å²) in [5.74, 6) is 0.938. The second-order valence-corrected chi connectivity index (χ2v) is 7.35. The van der Waals surface area contributed by atoms with Gasteiger partial charge in [-0.1, -0.05) is 18.2 Å². The molecule has 1 atom stereocenters. The molecular formula is C24H22N2O4. The number of amides is 1. The van der Waals surface area contributed by atoms with E-state index in [4.69, 9.17) is 4.74 Å². The molecule has 6 heteroatoms. The van der Waals surface area contributed by atoms with Crippen LogP contribution in [0.3, 0.4) is 0 Å². The van der Waals surface area contributed by atoms with Gasteiger partial charge in [-0.3, -0.25) is 9.59 Å². The van der Waals surface area contributed by atoms with Crippen LogP contribution in [0.25, 0.3) is 0 Å². The second kappa shape index (κ2) is 8.78. The van der Waals surface area contributed by atoms with Gasteiger partial charge in [0.2, 0.25) is 0 Å². The van der Waals surface area contributed by atoms with Crippen molar-refractivity contribution in [2.24, 2.45) is 5.92 Å². The van der Waals surface area contributed by atoms with Gasteiger partial charge in [0.15, 0.2) is 18.2 Å². The third-order valence-corrected chi connectivity index (χ3v) is 5.22. The Morgan fingerprint density at radius 2 is 1.67 bits per heavy atom. The highest BCUT2D eigenvalue weighted by Gasteiger charge is 2.30. The number of ether oxygens (including phenoxy) is 1. The number of piperidine rings is 1. The van der Waals surface area contributed by atoms with Gasteiger partial charge in [-0.2, -0.15) is 4.73 Å². The summed E-state index contributed by atoms with van der Waals surface area (Å²) in [4.78, 5) is 27.4. The van der Waals surface area contributed by atoms with Gasteiger partial charge in [0.1, 0.15) is 17.1 Å². The third-order valence-electron chi connectivity index (χ3n) is 5.22. The fraction of sp³-hybridized carbons (Fsp3) is 0.208. The van der Waals surface area contributed by atoms with Crippen molar-refractivity contribution in [2.75, 3.05) is 13.1 Å². The van der Waals surface area contributed by atoms with Crippen LogP contribution in [-0.2, 0) is 0 Å². The van der Waals surface area contributed by atoms with Crippen LogP contribution in [0.5, 0.6) is 11.5 Å². The number of pyridine rings is 1. The average Bonchev–Trinajstić information content (AvgIpc) is 2.79. The van der Waals surface area contributed by atoms with Crippen molar-refractivity contribution in [2.45, 2.75) is 12.8 Å². The number of carbonyl (C=O) groups is 2. The molecule has 4 rings (SSSR count). The molecule has 1 saturated heterocycles. The molecule has 1 aliphatic rings. The number of para-hydroxylation sites is 1. The molecule has 0 saturated carbocycles. The van der Waals surface area contributed by atoms with Crippen molar-refractivity contribution in [3.63, 3.8) is 0 Å². The zero-order valence-electron chi connectivity index (χ0n) is 16.4. The van der Waals surface area contributed by atoms with Crippen molar-refractivity contribution < 1.29 is 19.1 Å². The second-order valence-electron chi connectivity index (χ2n) is 7.35. The van der Waals surface area contributed by atoms with Crippen molar-refractivity contribution in [1.82, 2.24) is 4.90 Å². The molecule has 2 heterocycles. The number of rotatable bonds is 5. The molecule has 3 aromatic rings. The van der Waals surface area contributed by atoms with Crippen LogP contribution < -0.4 is 9.47 Å². The molecule has 2 aromatic carbocycles. The summed E-state index contributed by atoms with van der Waals surface area (Å²) < 4.78 is 6.38. The van der Waals surface area contributed by atoms with Gasteiger partial charge >= 0.3 is 0 Å². The van der Waals surface area contributed by atoms with E-state index >= 15 is 0 Å². The molecule has 0 spiro atoms. The quantitative estimate of drug-likeness (QED) is 0.369. The molecule has 6 nitrogen and oxygen atoms in total. The zero-order chi connectivity index (χ0) is 20.9. The molecule has 1 amide bonds. The lowest BCUT2D eigenvalue weighted by atomic mass is 9.89. The predicted octanol–water partition coefficient (Wildman–Crippen LogP) is 3.85. The van der Waals surface area contributed by atoms with Crippen molar-refractivity contribution in [1.29, 1.82) is 0 Å². The molecule has 1 aromatic heterocycles. The standard InChI is InChI=1S/C24H22N2O4/c27-23(18-10-12-22(13-11-18)30-21-8-2-1-3-9-21)19-6-4-14-25(16-19)24(28)20-7-5-15-26(29)17-20/h1-3,5,7-13,15,17,19H,4,6,14,16H2/t19-/m0/s1. The Morgan fingerprint density at radius 1 is 0.933 bits per heavy atom. The first-order valence-corrected chi connectivity index (χ1v) is 9.95. The number of hydrogen-bond acceptors (Lipinski definition) is 4. The monoisotopic (exact) mass is 402 g/mol. The van der Waals surface area contributed by atoms with E-state index in [0.29, 0.717) is 34.7 Å². The third kappa shape index (κ3) is 4.49. The molecule has 1 fully saturated rings. The molecule has 0 radical (unpaired) electrons. The van der Waals surface area contributed by atoms with E-state index in [-0.39, 0.29) is 17.6 Å². The first-order chi connectivity index (χ1) is 14.6. The van der Waals surface area contributed by atoms with E-state index in [0.717, 1.165) is 18.6 Å². The summed E-state index contributed by atoms with van der Waals surface area (Å²) in [5, 5.41) is 11.5. The molecule has 152 valence electrons. The topological polar surface area (TPSA) is 73.5 Å². The summed E-state index contributed by atoms with van der Waals surface area (Å²) in [6.07, 6.45) is 4.09. The van der Waals surface area contributed by atoms with Crippen LogP contribution in [0.2, 0.25) is 0 Å². The van der Waals surface area contributed by atoms with Gasteiger partial charge in [0.25, 0.3) is 5.91 Å². The summed E-state index contributed by atoms with van der Waals surface area (Å²) in [6.45, 7) is 0.938. The molecule has 0 N–H and O–H groups in total. The average molecular weight is 402 g/mol. The van der Waals surface area contributed by atoms with Crippen LogP contribution in [0.1, 0.15) is 33.6 Å². The Morgan fingerprint density at radius 3 is 2.40 bits per heavy atom. The lowest BCUT2D eigenvalue weighted by Crippen LogP contribution is -2.43. The van der Waals surface area contributed by atoms with Gasteiger partial charge in [0.05, 0.1) is 0 Å². The number of ketones is 1. The van der Waals surface area contributed by atoms with E-state index < -0.39 is 0 Å². The number of nitrogens with zero attached hydrogens (tertiary/aromatic N) is 2. The minimum Gasteiger partial charge on any atom is -0.619 e. The summed E-state index contributed by atoms with van der Waals surface area (Å²) in [7, 11) is 0. The predicted molar refractivity (Wildman–Crippen MR) is 111 cm³/mol. The summed E-state index contributed by atoms with van der Waals surface area (Å²) in [6, 6.07) is 19.7. The van der Waals surface area contributed by atoms with E-state index in [1.807, 2.05) is 30.3 Å². The maximum atomic E-state index is 13.0. The maximum absolute atomic E-state index is 13.0. The van der Waals surface area contributed by atoms with Crippen molar-refractivity contribution in [3.05, 3.63) is 95.5 Å². The Kier molecular flexibility index (Phi) is 5.75. The molecule has 30 heavy (non-hydrogen) atoms.